The van der Waals surface area contributed by atoms with Gasteiger partial charge in [0.25, 0.3) is 11.1 Å². The lowest BCUT2D eigenvalue weighted by atomic mass is 10.2. The molecular formula is C21H21N5O3S. The van der Waals surface area contributed by atoms with Crippen LogP contribution in [0.15, 0.2) is 51.6 Å². The highest BCUT2D eigenvalue weighted by molar-refractivity contribution is 7.16. The molecule has 0 aliphatic carbocycles. The minimum atomic E-state index is -0.228. The average molecular weight is 423 g/mol. The highest BCUT2D eigenvalue weighted by Gasteiger charge is 2.19. The van der Waals surface area contributed by atoms with Crippen molar-refractivity contribution in [3.8, 4) is 0 Å². The largest absolute Gasteiger partial charge is 0.333 e. The molecule has 0 saturated heterocycles. The Bertz CT molecular complexity index is 1340. The molecule has 8 nitrogen and oxygen atoms in total. The fourth-order valence-corrected chi connectivity index (χ4v) is 4.07. The highest BCUT2D eigenvalue weighted by atomic mass is 32.1. The monoisotopic (exact) mass is 423 g/mol. The van der Waals surface area contributed by atoms with Crippen LogP contribution in [0.4, 0.5) is 0 Å². The zero-order valence-electron chi connectivity index (χ0n) is 16.7. The second-order valence-corrected chi connectivity index (χ2v) is 8.17. The maximum atomic E-state index is 12.9. The molecule has 0 radical (unpaired) electrons. The van der Waals surface area contributed by atoms with Gasteiger partial charge in [-0.15, -0.1) is 11.3 Å². The van der Waals surface area contributed by atoms with Gasteiger partial charge >= 0.3 is 0 Å². The van der Waals surface area contributed by atoms with Crippen molar-refractivity contribution in [2.75, 3.05) is 0 Å². The topological polar surface area (TPSA) is 101 Å². The Balaban J connectivity index is 1.52. The molecule has 3 aromatic heterocycles. The summed E-state index contributed by atoms with van der Waals surface area (Å²) in [6.45, 7) is 4.24. The van der Waals surface area contributed by atoms with Gasteiger partial charge in [0.1, 0.15) is 10.7 Å². The van der Waals surface area contributed by atoms with Gasteiger partial charge < -0.3 is 9.88 Å². The summed E-state index contributed by atoms with van der Waals surface area (Å²) in [5, 5.41) is 2.90. The van der Waals surface area contributed by atoms with Crippen LogP contribution in [0.2, 0.25) is 0 Å². The molecule has 0 aliphatic rings. The fraction of sp³-hybridized carbons (Fsp3) is 0.286. The summed E-state index contributed by atoms with van der Waals surface area (Å²) < 4.78 is 1.46. The van der Waals surface area contributed by atoms with Crippen LogP contribution >= 0.6 is 11.3 Å². The number of para-hydroxylation sites is 1. The van der Waals surface area contributed by atoms with Crippen LogP contribution in [0.25, 0.3) is 21.1 Å². The maximum Gasteiger partial charge on any atom is 0.262 e. The summed E-state index contributed by atoms with van der Waals surface area (Å²) in [7, 11) is 0. The number of aryl methyl sites for hydroxylation is 1. The van der Waals surface area contributed by atoms with Crippen LogP contribution in [0.5, 0.6) is 0 Å². The second-order valence-electron chi connectivity index (χ2n) is 7.28. The average Bonchev–Trinajstić information content (AvgIpc) is 3.21. The van der Waals surface area contributed by atoms with Crippen LogP contribution in [-0.2, 0) is 17.9 Å². The Kier molecular flexibility index (Phi) is 5.45. The number of thiophene rings is 1. The van der Waals surface area contributed by atoms with Crippen LogP contribution in [-0.4, -0.2) is 36.4 Å². The second kappa shape index (κ2) is 8.19. The number of fused-ring (bicyclic) bond motifs is 2. The summed E-state index contributed by atoms with van der Waals surface area (Å²) in [4.78, 5) is 51.6. The summed E-state index contributed by atoms with van der Waals surface area (Å²) >= 11 is 1.41. The quantitative estimate of drug-likeness (QED) is 0.514. The van der Waals surface area contributed by atoms with E-state index in [1.54, 1.807) is 29.2 Å². The zero-order chi connectivity index (χ0) is 21.3. The lowest BCUT2D eigenvalue weighted by Crippen LogP contribution is -2.38. The van der Waals surface area contributed by atoms with E-state index in [4.69, 9.17) is 0 Å². The molecule has 0 unspecified atom stereocenters. The first-order valence-electron chi connectivity index (χ1n) is 9.64. The molecule has 1 amide bonds. The fourth-order valence-electron chi connectivity index (χ4n) is 3.34. The van der Waals surface area contributed by atoms with E-state index in [9.17, 15) is 14.4 Å². The molecule has 3 heterocycles. The first-order chi connectivity index (χ1) is 14.4. The van der Waals surface area contributed by atoms with Crippen LogP contribution in [0.3, 0.4) is 0 Å². The number of nitrogens with one attached hydrogen (secondary N) is 1. The molecular weight excluding hydrogens is 402 g/mol. The van der Waals surface area contributed by atoms with Crippen molar-refractivity contribution in [3.63, 3.8) is 0 Å². The van der Waals surface area contributed by atoms with E-state index in [0.29, 0.717) is 26.9 Å². The molecule has 154 valence electrons. The van der Waals surface area contributed by atoms with E-state index < -0.39 is 0 Å². The molecule has 1 N–H and O–H groups in total. The lowest BCUT2D eigenvalue weighted by Gasteiger charge is -2.26. The smallest absolute Gasteiger partial charge is 0.262 e. The molecule has 0 atom stereocenters. The van der Waals surface area contributed by atoms with Crippen molar-refractivity contribution in [1.82, 2.24) is 24.4 Å². The summed E-state index contributed by atoms with van der Waals surface area (Å²) in [5.41, 5.74) is 0.216. The maximum absolute atomic E-state index is 12.9. The van der Waals surface area contributed by atoms with Gasteiger partial charge in [0.15, 0.2) is 0 Å². The summed E-state index contributed by atoms with van der Waals surface area (Å²) in [6.07, 6.45) is 1.63. The third-order valence-electron chi connectivity index (χ3n) is 4.94. The van der Waals surface area contributed by atoms with Crippen molar-refractivity contribution in [3.05, 3.63) is 68.6 Å². The first-order valence-corrected chi connectivity index (χ1v) is 10.5. The van der Waals surface area contributed by atoms with E-state index in [1.807, 2.05) is 25.3 Å². The SMILES string of the molecule is CC(C)N(Cc1nc2ccccc2c(=O)[nH]1)C(=O)CCn1cnc2sccc2c1=O. The minimum absolute atomic E-state index is 0.0940. The molecule has 9 heteroatoms. The van der Waals surface area contributed by atoms with Crippen LogP contribution < -0.4 is 11.1 Å². The minimum Gasteiger partial charge on any atom is -0.333 e. The van der Waals surface area contributed by atoms with E-state index in [-0.39, 0.29) is 42.6 Å². The van der Waals surface area contributed by atoms with Gasteiger partial charge in [-0.25, -0.2) is 9.97 Å². The van der Waals surface area contributed by atoms with Crippen molar-refractivity contribution in [1.29, 1.82) is 0 Å². The molecule has 0 spiro atoms. The molecule has 0 bridgehead atoms. The van der Waals surface area contributed by atoms with Crippen molar-refractivity contribution in [2.24, 2.45) is 0 Å². The lowest BCUT2D eigenvalue weighted by molar-refractivity contribution is -0.133. The van der Waals surface area contributed by atoms with Crippen molar-refractivity contribution in [2.45, 2.75) is 39.4 Å². The number of H-pyrrole nitrogens is 1. The predicted octanol–water partition coefficient (Wildman–Crippen LogP) is 2.52. The normalized spacial score (nSPS) is 11.4. The standard InChI is InChI=1S/C21H21N5O3S/c1-13(2)26(11-17-23-16-6-4-3-5-14(16)19(28)24-17)18(27)7-9-25-12-22-20-15(21(25)29)8-10-30-20/h3-6,8,10,12-13H,7,9,11H2,1-2H3,(H,23,24,28). The Morgan fingerprint density at radius 3 is 2.80 bits per heavy atom. The number of aromatic amines is 1. The Morgan fingerprint density at radius 2 is 2.00 bits per heavy atom. The third kappa shape index (κ3) is 3.88. The van der Waals surface area contributed by atoms with Gasteiger partial charge in [0.2, 0.25) is 5.91 Å². The molecule has 0 saturated carbocycles. The Morgan fingerprint density at radius 1 is 1.20 bits per heavy atom. The van der Waals surface area contributed by atoms with Gasteiger partial charge in [0, 0.05) is 19.0 Å². The predicted molar refractivity (Wildman–Crippen MR) is 117 cm³/mol. The highest BCUT2D eigenvalue weighted by Crippen LogP contribution is 2.14. The number of hydrogen-bond acceptors (Lipinski definition) is 6. The number of carbonyl (C=O) groups excluding carboxylic acids is 1. The van der Waals surface area contributed by atoms with Gasteiger partial charge in [-0.05, 0) is 37.4 Å². The van der Waals surface area contributed by atoms with E-state index in [2.05, 4.69) is 15.0 Å². The van der Waals surface area contributed by atoms with Gasteiger partial charge in [0.05, 0.1) is 29.2 Å². The molecule has 4 rings (SSSR count). The number of benzene rings is 1. The number of nitrogens with zero attached hydrogens (tertiary/aromatic N) is 4. The van der Waals surface area contributed by atoms with E-state index in [1.165, 1.54) is 22.2 Å². The van der Waals surface area contributed by atoms with Gasteiger partial charge in [-0.2, -0.15) is 0 Å². The number of amides is 1. The van der Waals surface area contributed by atoms with Crippen LogP contribution in [0, 0.1) is 0 Å². The first kappa shape index (κ1) is 20.0. The molecule has 4 aromatic rings. The van der Waals surface area contributed by atoms with E-state index in [0.717, 1.165) is 0 Å². The molecule has 0 aliphatic heterocycles. The van der Waals surface area contributed by atoms with Crippen molar-refractivity contribution >= 4 is 38.4 Å². The molecule has 0 fully saturated rings. The number of rotatable bonds is 6. The Labute approximate surface area is 175 Å². The number of carbonyl (C=O) groups is 1. The molecule has 1 aromatic carbocycles. The summed E-state index contributed by atoms with van der Waals surface area (Å²) in [6, 6.07) is 8.74. The van der Waals surface area contributed by atoms with Crippen LogP contribution in [0.1, 0.15) is 26.1 Å². The zero-order valence-corrected chi connectivity index (χ0v) is 17.5. The Hall–Kier alpha value is -3.33. The molecule has 30 heavy (non-hydrogen) atoms. The number of hydrogen-bond donors (Lipinski definition) is 1. The van der Waals surface area contributed by atoms with Gasteiger partial charge in [-0.1, -0.05) is 12.1 Å². The van der Waals surface area contributed by atoms with E-state index >= 15 is 0 Å². The third-order valence-corrected chi connectivity index (χ3v) is 5.76. The van der Waals surface area contributed by atoms with Crippen molar-refractivity contribution < 1.29 is 4.79 Å². The summed E-state index contributed by atoms with van der Waals surface area (Å²) in [5.74, 6) is 0.303. The number of aromatic nitrogens is 4. The van der Waals surface area contributed by atoms with Gasteiger partial charge in [-0.3, -0.25) is 19.0 Å².